The Morgan fingerprint density at radius 3 is 2.53 bits per heavy atom. The first kappa shape index (κ1) is 15.2. The molecule has 1 spiro atoms. The van der Waals surface area contributed by atoms with Gasteiger partial charge in [0.2, 0.25) is 5.91 Å². The lowest BCUT2D eigenvalue weighted by molar-refractivity contribution is -0.133. The van der Waals surface area contributed by atoms with Gasteiger partial charge >= 0.3 is 0 Å². The van der Waals surface area contributed by atoms with Gasteiger partial charge in [-0.2, -0.15) is 11.8 Å². The molecule has 2 atom stereocenters. The normalized spacial score (nSPS) is 27.7. The van der Waals surface area contributed by atoms with Crippen molar-refractivity contribution in [2.75, 3.05) is 12.8 Å². The summed E-state index contributed by atoms with van der Waals surface area (Å²) in [5.41, 5.74) is -0.211. The molecule has 1 aliphatic heterocycles. The van der Waals surface area contributed by atoms with Crippen LogP contribution >= 0.6 is 11.8 Å². The second-order valence-electron chi connectivity index (χ2n) is 6.46. The van der Waals surface area contributed by atoms with Crippen LogP contribution in [0.5, 0.6) is 0 Å². The van der Waals surface area contributed by atoms with E-state index in [0.29, 0.717) is 17.1 Å². The zero-order valence-corrected chi connectivity index (χ0v) is 13.6. The average Bonchev–Trinajstić information content (AvgIpc) is 2.95. The van der Waals surface area contributed by atoms with Crippen LogP contribution in [0.15, 0.2) is 0 Å². The molecule has 1 N–H and O–H groups in total. The monoisotopic (exact) mass is 284 g/mol. The number of hydrogen-bond acceptors (Lipinski definition) is 3. The third-order valence-electron chi connectivity index (χ3n) is 4.70. The summed E-state index contributed by atoms with van der Waals surface area (Å²) in [5, 5.41) is 4.30. The fourth-order valence-electron chi connectivity index (χ4n) is 3.37. The van der Waals surface area contributed by atoms with Crippen LogP contribution in [0.25, 0.3) is 0 Å². The van der Waals surface area contributed by atoms with Crippen molar-refractivity contribution in [3.8, 4) is 0 Å². The van der Waals surface area contributed by atoms with Gasteiger partial charge in [0.05, 0.1) is 11.7 Å². The predicted molar refractivity (Wildman–Crippen MR) is 82.3 cm³/mol. The first-order valence-electron chi connectivity index (χ1n) is 7.62. The molecule has 0 aromatic rings. The maximum Gasteiger partial charge on any atom is 0.244 e. The van der Waals surface area contributed by atoms with Crippen LogP contribution in [0.3, 0.4) is 0 Å². The predicted octanol–water partition coefficient (Wildman–Crippen LogP) is 2.85. The highest BCUT2D eigenvalue weighted by atomic mass is 32.2. The topological polar surface area (TPSA) is 32.3 Å². The number of rotatable bonds is 5. The second kappa shape index (κ2) is 6.04. The molecule has 1 saturated heterocycles. The standard InChI is InChI=1S/C15H28N2OS/c1-11(2)13-16-15(8-5-6-9-15)14(18)17(13)10-7-12(3)19-4/h11-13,16H,5-10H2,1-4H3. The Kier molecular flexibility index (Phi) is 4.83. The Labute approximate surface area is 121 Å². The molecule has 2 fully saturated rings. The van der Waals surface area contributed by atoms with E-state index in [2.05, 4.69) is 37.2 Å². The van der Waals surface area contributed by atoms with Crippen LogP contribution in [0, 0.1) is 5.92 Å². The lowest BCUT2D eigenvalue weighted by Gasteiger charge is -2.28. The maximum atomic E-state index is 12.8. The lowest BCUT2D eigenvalue weighted by Crippen LogP contribution is -2.45. The molecule has 19 heavy (non-hydrogen) atoms. The lowest BCUT2D eigenvalue weighted by atomic mass is 9.98. The minimum Gasteiger partial charge on any atom is -0.325 e. The highest BCUT2D eigenvalue weighted by Gasteiger charge is 2.52. The summed E-state index contributed by atoms with van der Waals surface area (Å²) in [7, 11) is 0. The van der Waals surface area contributed by atoms with Crippen LogP contribution < -0.4 is 5.32 Å². The van der Waals surface area contributed by atoms with E-state index in [-0.39, 0.29) is 11.7 Å². The number of hydrogen-bond donors (Lipinski definition) is 1. The maximum absolute atomic E-state index is 12.8. The Morgan fingerprint density at radius 1 is 1.37 bits per heavy atom. The van der Waals surface area contributed by atoms with E-state index in [1.54, 1.807) is 0 Å². The summed E-state index contributed by atoms with van der Waals surface area (Å²) in [6.45, 7) is 7.57. The quantitative estimate of drug-likeness (QED) is 0.842. The number of amides is 1. The van der Waals surface area contributed by atoms with Gasteiger partial charge in [0, 0.05) is 11.8 Å². The van der Waals surface area contributed by atoms with Crippen molar-refractivity contribution in [1.82, 2.24) is 10.2 Å². The van der Waals surface area contributed by atoms with Crippen molar-refractivity contribution < 1.29 is 4.79 Å². The largest absolute Gasteiger partial charge is 0.325 e. The molecule has 110 valence electrons. The van der Waals surface area contributed by atoms with Gasteiger partial charge < -0.3 is 4.90 Å². The molecule has 0 radical (unpaired) electrons. The SMILES string of the molecule is CSC(C)CCN1C(=O)C2(CCCC2)NC1C(C)C. The summed E-state index contributed by atoms with van der Waals surface area (Å²) in [6, 6.07) is 0. The third kappa shape index (κ3) is 2.94. The highest BCUT2D eigenvalue weighted by molar-refractivity contribution is 7.99. The second-order valence-corrected chi connectivity index (χ2v) is 7.73. The number of thioether (sulfide) groups is 1. The molecule has 2 aliphatic rings. The number of carbonyl (C=O) groups excluding carboxylic acids is 1. The van der Waals surface area contributed by atoms with Gasteiger partial charge in [0.25, 0.3) is 0 Å². The molecule has 4 heteroatoms. The molecule has 1 aliphatic carbocycles. The molecule has 2 unspecified atom stereocenters. The van der Waals surface area contributed by atoms with Crippen LogP contribution in [-0.2, 0) is 4.79 Å². The zero-order chi connectivity index (χ0) is 14.0. The Balaban J connectivity index is 2.07. The van der Waals surface area contributed by atoms with Crippen molar-refractivity contribution in [2.45, 2.75) is 69.8 Å². The first-order valence-corrected chi connectivity index (χ1v) is 8.90. The summed E-state index contributed by atoms with van der Waals surface area (Å²) in [4.78, 5) is 14.9. The summed E-state index contributed by atoms with van der Waals surface area (Å²) >= 11 is 1.88. The van der Waals surface area contributed by atoms with Gasteiger partial charge in [-0.05, 0) is 31.4 Å². The van der Waals surface area contributed by atoms with E-state index in [4.69, 9.17) is 0 Å². The van der Waals surface area contributed by atoms with Gasteiger partial charge in [-0.15, -0.1) is 0 Å². The van der Waals surface area contributed by atoms with Crippen LogP contribution in [0.2, 0.25) is 0 Å². The van der Waals surface area contributed by atoms with Gasteiger partial charge in [0.15, 0.2) is 0 Å². The fraction of sp³-hybridized carbons (Fsp3) is 0.933. The molecule has 1 heterocycles. The summed E-state index contributed by atoms with van der Waals surface area (Å²) < 4.78 is 0. The molecule has 1 amide bonds. The van der Waals surface area contributed by atoms with Crippen molar-refractivity contribution in [3.63, 3.8) is 0 Å². The van der Waals surface area contributed by atoms with E-state index >= 15 is 0 Å². The highest BCUT2D eigenvalue weighted by Crippen LogP contribution is 2.38. The molecular formula is C15H28N2OS. The minimum absolute atomic E-state index is 0.211. The van der Waals surface area contributed by atoms with Gasteiger partial charge in [-0.3, -0.25) is 10.1 Å². The van der Waals surface area contributed by atoms with E-state index in [1.165, 1.54) is 12.8 Å². The van der Waals surface area contributed by atoms with E-state index < -0.39 is 0 Å². The number of nitrogens with one attached hydrogen (secondary N) is 1. The van der Waals surface area contributed by atoms with Crippen molar-refractivity contribution in [3.05, 3.63) is 0 Å². The average molecular weight is 284 g/mol. The Bertz CT molecular complexity index is 326. The van der Waals surface area contributed by atoms with E-state index in [9.17, 15) is 4.79 Å². The van der Waals surface area contributed by atoms with Crippen molar-refractivity contribution in [1.29, 1.82) is 0 Å². The Morgan fingerprint density at radius 2 is 2.00 bits per heavy atom. The summed E-state index contributed by atoms with van der Waals surface area (Å²) in [6.07, 6.45) is 7.92. The minimum atomic E-state index is -0.211. The molecule has 3 nitrogen and oxygen atoms in total. The molecular weight excluding hydrogens is 256 g/mol. The van der Waals surface area contributed by atoms with E-state index in [1.807, 2.05) is 11.8 Å². The van der Waals surface area contributed by atoms with Gasteiger partial charge in [-0.25, -0.2) is 0 Å². The van der Waals surface area contributed by atoms with Crippen LogP contribution in [0.4, 0.5) is 0 Å². The first-order chi connectivity index (χ1) is 9.00. The van der Waals surface area contributed by atoms with Crippen LogP contribution in [-0.4, -0.2) is 40.6 Å². The molecule has 1 saturated carbocycles. The molecule has 0 aromatic carbocycles. The third-order valence-corrected chi connectivity index (χ3v) is 5.74. The number of nitrogens with zero attached hydrogens (tertiary/aromatic N) is 1. The van der Waals surface area contributed by atoms with Crippen molar-refractivity contribution in [2.24, 2.45) is 5.92 Å². The summed E-state index contributed by atoms with van der Waals surface area (Å²) in [5.74, 6) is 0.852. The van der Waals surface area contributed by atoms with Crippen molar-refractivity contribution >= 4 is 17.7 Å². The Hall–Kier alpha value is -0.220. The van der Waals surface area contributed by atoms with Gasteiger partial charge in [-0.1, -0.05) is 33.6 Å². The van der Waals surface area contributed by atoms with Crippen LogP contribution in [0.1, 0.15) is 52.9 Å². The molecule has 0 bridgehead atoms. The molecule has 2 rings (SSSR count). The smallest absolute Gasteiger partial charge is 0.244 e. The number of carbonyl (C=O) groups is 1. The van der Waals surface area contributed by atoms with Gasteiger partial charge in [0.1, 0.15) is 0 Å². The fourth-order valence-corrected chi connectivity index (χ4v) is 3.71. The van der Waals surface area contributed by atoms with E-state index in [0.717, 1.165) is 25.8 Å². The molecule has 0 aromatic heterocycles. The zero-order valence-electron chi connectivity index (χ0n) is 12.7.